The van der Waals surface area contributed by atoms with Crippen molar-refractivity contribution in [3.63, 3.8) is 0 Å². The number of carbonyl (C=O) groups excluding carboxylic acids is 2. The van der Waals surface area contributed by atoms with Gasteiger partial charge in [-0.1, -0.05) is 31.2 Å². The van der Waals surface area contributed by atoms with Crippen LogP contribution in [0.25, 0.3) is 0 Å². The minimum absolute atomic E-state index is 0.344. The molecule has 0 spiro atoms. The smallest absolute Gasteiger partial charge is 0.338 e. The van der Waals surface area contributed by atoms with E-state index >= 15 is 0 Å². The average Bonchev–Trinajstić information content (AvgIpc) is 3.23. The first-order valence-electron chi connectivity index (χ1n) is 9.00. The van der Waals surface area contributed by atoms with Crippen molar-refractivity contribution >= 4 is 41.1 Å². The van der Waals surface area contributed by atoms with Gasteiger partial charge in [0, 0.05) is 17.2 Å². The third kappa shape index (κ3) is 5.30. The van der Waals surface area contributed by atoms with E-state index in [4.69, 9.17) is 4.74 Å². The lowest BCUT2D eigenvalue weighted by Gasteiger charge is -2.14. The Bertz CT molecular complexity index is 784. The molecule has 3 rings (SSSR count). The van der Waals surface area contributed by atoms with Gasteiger partial charge in [0.15, 0.2) is 6.10 Å². The highest BCUT2D eigenvalue weighted by Crippen LogP contribution is 2.45. The fourth-order valence-corrected chi connectivity index (χ4v) is 5.54. The molecule has 1 aliphatic rings. The number of ether oxygens (including phenoxy) is 1. The lowest BCUT2D eigenvalue weighted by Crippen LogP contribution is -2.30. The Morgan fingerprint density at radius 3 is 2.30 bits per heavy atom. The normalized spacial score (nSPS) is 15.3. The van der Waals surface area contributed by atoms with Crippen LogP contribution in [0.5, 0.6) is 0 Å². The first kappa shape index (κ1) is 19.8. The molecule has 4 nitrogen and oxygen atoms in total. The van der Waals surface area contributed by atoms with Gasteiger partial charge in [-0.3, -0.25) is 4.79 Å². The summed E-state index contributed by atoms with van der Waals surface area (Å²) in [5, 5.41) is 2.77. The fraction of sp³-hybridized carbons (Fsp3) is 0.333. The number of benzene rings is 2. The van der Waals surface area contributed by atoms with Crippen molar-refractivity contribution in [2.45, 2.75) is 31.0 Å². The summed E-state index contributed by atoms with van der Waals surface area (Å²) in [7, 11) is 0. The Labute approximate surface area is 168 Å². The maximum atomic E-state index is 12.3. The summed E-state index contributed by atoms with van der Waals surface area (Å²) >= 11 is 3.84. The van der Waals surface area contributed by atoms with Gasteiger partial charge in [0.2, 0.25) is 0 Å². The van der Waals surface area contributed by atoms with Gasteiger partial charge in [-0.25, -0.2) is 4.79 Å². The lowest BCUT2D eigenvalue weighted by atomic mass is 10.1. The Hall–Kier alpha value is -1.92. The number of rotatable bonds is 6. The third-order valence-corrected chi connectivity index (χ3v) is 7.43. The number of aryl methyl sites for hydroxylation is 1. The first-order chi connectivity index (χ1) is 13.1. The molecule has 1 heterocycles. The molecule has 0 aliphatic carbocycles. The molecule has 2 aromatic rings. The van der Waals surface area contributed by atoms with Crippen molar-refractivity contribution in [3.8, 4) is 0 Å². The van der Waals surface area contributed by atoms with E-state index in [2.05, 4.69) is 12.2 Å². The summed E-state index contributed by atoms with van der Waals surface area (Å²) < 4.78 is 5.76. The molecule has 1 saturated heterocycles. The molecule has 0 bridgehead atoms. The number of hydrogen-bond donors (Lipinski definition) is 1. The molecule has 0 saturated carbocycles. The topological polar surface area (TPSA) is 55.4 Å². The van der Waals surface area contributed by atoms with Crippen LogP contribution in [0.15, 0.2) is 48.5 Å². The molecule has 0 radical (unpaired) electrons. The SMILES string of the molecule is CCc1ccc(NC(=O)[C@@H](C)OC(=O)c2ccc(C3SCCS3)cc2)cc1. The zero-order valence-electron chi connectivity index (χ0n) is 15.4. The minimum Gasteiger partial charge on any atom is -0.449 e. The molecule has 27 heavy (non-hydrogen) atoms. The van der Waals surface area contributed by atoms with Crippen molar-refractivity contribution in [1.82, 2.24) is 0 Å². The quantitative estimate of drug-likeness (QED) is 0.697. The number of carbonyl (C=O) groups is 2. The van der Waals surface area contributed by atoms with E-state index in [1.54, 1.807) is 19.1 Å². The molecule has 0 aromatic heterocycles. The van der Waals surface area contributed by atoms with Crippen LogP contribution in [0.4, 0.5) is 5.69 Å². The van der Waals surface area contributed by atoms with Gasteiger partial charge in [0.05, 0.1) is 10.1 Å². The van der Waals surface area contributed by atoms with Gasteiger partial charge in [-0.15, -0.1) is 23.5 Å². The van der Waals surface area contributed by atoms with Crippen LogP contribution >= 0.6 is 23.5 Å². The number of anilines is 1. The Morgan fingerprint density at radius 2 is 1.70 bits per heavy atom. The van der Waals surface area contributed by atoms with Crippen molar-refractivity contribution < 1.29 is 14.3 Å². The molecular formula is C21H23NO3S2. The van der Waals surface area contributed by atoms with Gasteiger partial charge in [-0.05, 0) is 48.7 Å². The van der Waals surface area contributed by atoms with Gasteiger partial charge in [-0.2, -0.15) is 0 Å². The summed E-state index contributed by atoms with van der Waals surface area (Å²) in [5.41, 5.74) is 3.56. The second kappa shape index (κ2) is 9.33. The molecule has 1 fully saturated rings. The summed E-state index contributed by atoms with van der Waals surface area (Å²) in [5.74, 6) is 1.49. The summed E-state index contributed by atoms with van der Waals surface area (Å²) in [6.07, 6.45) is 0.0723. The molecular weight excluding hydrogens is 378 g/mol. The third-order valence-electron chi connectivity index (χ3n) is 4.32. The van der Waals surface area contributed by atoms with Crippen LogP contribution in [0.1, 0.15) is 39.9 Å². The number of hydrogen-bond acceptors (Lipinski definition) is 5. The standard InChI is InChI=1S/C21H23NO3S2/c1-3-15-4-10-18(11-5-15)22-19(23)14(2)25-20(24)16-6-8-17(9-7-16)21-26-12-13-27-21/h4-11,14,21H,3,12-13H2,1-2H3,(H,22,23)/t14-/m1/s1. The van der Waals surface area contributed by atoms with Crippen molar-refractivity contribution in [3.05, 3.63) is 65.2 Å². The van der Waals surface area contributed by atoms with E-state index in [9.17, 15) is 9.59 Å². The van der Waals surface area contributed by atoms with Crippen LogP contribution in [-0.4, -0.2) is 29.5 Å². The van der Waals surface area contributed by atoms with Crippen LogP contribution in [-0.2, 0) is 16.0 Å². The number of nitrogens with one attached hydrogen (secondary N) is 1. The predicted octanol–water partition coefficient (Wildman–Crippen LogP) is 4.91. The maximum absolute atomic E-state index is 12.3. The summed E-state index contributed by atoms with van der Waals surface area (Å²) in [4.78, 5) is 24.6. The number of esters is 1. The first-order valence-corrected chi connectivity index (χ1v) is 11.1. The number of thioether (sulfide) groups is 2. The maximum Gasteiger partial charge on any atom is 0.338 e. The van der Waals surface area contributed by atoms with Gasteiger partial charge >= 0.3 is 5.97 Å². The molecule has 1 aliphatic heterocycles. The highest BCUT2D eigenvalue weighted by Gasteiger charge is 2.21. The van der Waals surface area contributed by atoms with E-state index < -0.39 is 12.1 Å². The number of amides is 1. The summed E-state index contributed by atoms with van der Waals surface area (Å²) in [6.45, 7) is 3.65. The Kier molecular flexibility index (Phi) is 6.85. The molecule has 142 valence electrons. The second-order valence-electron chi connectivity index (χ2n) is 6.28. The van der Waals surface area contributed by atoms with Crippen LogP contribution in [0.3, 0.4) is 0 Å². The van der Waals surface area contributed by atoms with Crippen LogP contribution < -0.4 is 5.32 Å². The highest BCUT2D eigenvalue weighted by molar-refractivity contribution is 8.19. The Morgan fingerprint density at radius 1 is 1.07 bits per heavy atom. The van der Waals surface area contributed by atoms with Crippen molar-refractivity contribution in [1.29, 1.82) is 0 Å². The zero-order valence-corrected chi connectivity index (χ0v) is 17.1. The van der Waals surface area contributed by atoms with Crippen molar-refractivity contribution in [2.75, 3.05) is 16.8 Å². The van der Waals surface area contributed by atoms with Crippen molar-refractivity contribution in [2.24, 2.45) is 0 Å². The van der Waals surface area contributed by atoms with Gasteiger partial charge < -0.3 is 10.1 Å². The lowest BCUT2D eigenvalue weighted by molar-refractivity contribution is -0.123. The second-order valence-corrected chi connectivity index (χ2v) is 9.01. The summed E-state index contributed by atoms with van der Waals surface area (Å²) in [6, 6.07) is 15.1. The largest absolute Gasteiger partial charge is 0.449 e. The molecule has 6 heteroatoms. The molecule has 1 amide bonds. The zero-order chi connectivity index (χ0) is 19.2. The highest BCUT2D eigenvalue weighted by atomic mass is 32.2. The fourth-order valence-electron chi connectivity index (χ4n) is 2.68. The molecule has 2 aromatic carbocycles. The molecule has 1 atom stereocenters. The minimum atomic E-state index is -0.871. The van der Waals surface area contributed by atoms with Crippen LogP contribution in [0.2, 0.25) is 0 Å². The van der Waals surface area contributed by atoms with E-state index in [0.717, 1.165) is 17.9 Å². The van der Waals surface area contributed by atoms with E-state index in [1.807, 2.05) is 59.9 Å². The average molecular weight is 402 g/mol. The van der Waals surface area contributed by atoms with E-state index in [0.29, 0.717) is 15.8 Å². The Balaban J connectivity index is 1.54. The van der Waals surface area contributed by atoms with E-state index in [1.165, 1.54) is 11.1 Å². The molecule has 1 N–H and O–H groups in total. The predicted molar refractivity (Wildman–Crippen MR) is 113 cm³/mol. The molecule has 0 unspecified atom stereocenters. The van der Waals surface area contributed by atoms with E-state index in [-0.39, 0.29) is 5.91 Å². The van der Waals surface area contributed by atoms with Gasteiger partial charge in [0.25, 0.3) is 5.91 Å². The van der Waals surface area contributed by atoms with Gasteiger partial charge in [0.1, 0.15) is 0 Å². The van der Waals surface area contributed by atoms with Crippen LogP contribution in [0, 0.1) is 0 Å². The monoisotopic (exact) mass is 401 g/mol.